The molecule has 13 heavy (non-hydrogen) atoms. The molecule has 0 fully saturated rings. The minimum absolute atomic E-state index is 0.872. The lowest BCUT2D eigenvalue weighted by atomic mass is 10.2. The zero-order chi connectivity index (χ0) is 9.68. The summed E-state index contributed by atoms with van der Waals surface area (Å²) >= 11 is 2.31. The molecule has 72 valence electrons. The zero-order valence-electron chi connectivity index (χ0n) is 7.93. The average molecular weight is 291 g/mol. The summed E-state index contributed by atoms with van der Waals surface area (Å²) in [5.41, 5.74) is 1.22. The maximum atomic E-state index is 5.25. The van der Waals surface area contributed by atoms with Crippen molar-refractivity contribution in [3.8, 4) is 5.75 Å². The summed E-state index contributed by atoms with van der Waals surface area (Å²) in [4.78, 5) is 0. The van der Waals surface area contributed by atoms with Crippen LogP contribution in [0.15, 0.2) is 18.2 Å². The fraction of sp³-hybridized carbons (Fsp3) is 0.400. The zero-order valence-corrected chi connectivity index (χ0v) is 10.1. The molecule has 0 unspecified atom stereocenters. The number of rotatable bonds is 4. The molecular weight excluding hydrogens is 277 g/mol. The Labute approximate surface area is 92.8 Å². The van der Waals surface area contributed by atoms with Gasteiger partial charge in [-0.25, -0.2) is 0 Å². The van der Waals surface area contributed by atoms with Crippen molar-refractivity contribution in [1.29, 1.82) is 0 Å². The molecule has 0 aromatic heterocycles. The normalized spacial score (nSPS) is 10.1. The molecule has 0 atom stereocenters. The van der Waals surface area contributed by atoms with Gasteiger partial charge in [-0.2, -0.15) is 0 Å². The van der Waals surface area contributed by atoms with Gasteiger partial charge in [0.15, 0.2) is 0 Å². The molecule has 0 aliphatic carbocycles. The predicted octanol–water partition coefficient (Wildman–Crippen LogP) is 2.41. The van der Waals surface area contributed by atoms with Crippen LogP contribution in [-0.2, 0) is 6.54 Å². The van der Waals surface area contributed by atoms with Crippen molar-refractivity contribution in [1.82, 2.24) is 5.32 Å². The van der Waals surface area contributed by atoms with Gasteiger partial charge in [-0.05, 0) is 47.3 Å². The molecule has 0 spiro atoms. The molecule has 1 rings (SSSR count). The molecule has 0 saturated carbocycles. The van der Waals surface area contributed by atoms with Crippen molar-refractivity contribution in [2.75, 3.05) is 13.7 Å². The number of methoxy groups -OCH3 is 1. The fourth-order valence-electron chi connectivity index (χ4n) is 1.14. The Balaban J connectivity index is 2.81. The third-order valence-corrected chi connectivity index (χ3v) is 2.48. The second-order valence-electron chi connectivity index (χ2n) is 2.74. The van der Waals surface area contributed by atoms with Crippen molar-refractivity contribution in [2.24, 2.45) is 0 Å². The van der Waals surface area contributed by atoms with E-state index in [0.29, 0.717) is 0 Å². The van der Waals surface area contributed by atoms with Crippen LogP contribution in [0.5, 0.6) is 5.75 Å². The Bertz CT molecular complexity index is 276. The molecule has 1 N–H and O–H groups in total. The number of benzene rings is 1. The molecule has 0 aliphatic rings. The van der Waals surface area contributed by atoms with E-state index >= 15 is 0 Å². The predicted molar refractivity (Wildman–Crippen MR) is 63.1 cm³/mol. The van der Waals surface area contributed by atoms with Crippen LogP contribution in [0.3, 0.4) is 0 Å². The Morgan fingerprint density at radius 3 is 2.85 bits per heavy atom. The van der Waals surface area contributed by atoms with Crippen molar-refractivity contribution >= 4 is 22.6 Å². The van der Waals surface area contributed by atoms with E-state index in [1.807, 2.05) is 6.07 Å². The largest absolute Gasteiger partial charge is 0.496 e. The van der Waals surface area contributed by atoms with Crippen LogP contribution in [0.25, 0.3) is 0 Å². The molecule has 3 heteroatoms. The monoisotopic (exact) mass is 291 g/mol. The van der Waals surface area contributed by atoms with Crippen LogP contribution in [0.2, 0.25) is 0 Å². The number of hydrogen-bond donors (Lipinski definition) is 1. The highest BCUT2D eigenvalue weighted by atomic mass is 127. The minimum Gasteiger partial charge on any atom is -0.496 e. The molecular formula is C10H14INO. The molecule has 0 bridgehead atoms. The first-order chi connectivity index (χ1) is 6.27. The highest BCUT2D eigenvalue weighted by Gasteiger charge is 2.01. The summed E-state index contributed by atoms with van der Waals surface area (Å²) in [6.45, 7) is 3.95. The van der Waals surface area contributed by atoms with Crippen LogP contribution in [0, 0.1) is 3.57 Å². The van der Waals surface area contributed by atoms with Gasteiger partial charge in [0.1, 0.15) is 5.75 Å². The minimum atomic E-state index is 0.872. The highest BCUT2D eigenvalue weighted by molar-refractivity contribution is 14.1. The van der Waals surface area contributed by atoms with Gasteiger partial charge in [-0.3, -0.25) is 0 Å². The summed E-state index contributed by atoms with van der Waals surface area (Å²) in [5, 5.41) is 3.28. The van der Waals surface area contributed by atoms with Crippen LogP contribution < -0.4 is 10.1 Å². The average Bonchev–Trinajstić information content (AvgIpc) is 2.15. The third kappa shape index (κ3) is 3.15. The van der Waals surface area contributed by atoms with Crippen LogP contribution in [0.4, 0.5) is 0 Å². The van der Waals surface area contributed by atoms with Gasteiger partial charge in [0, 0.05) is 15.7 Å². The van der Waals surface area contributed by atoms with Crippen LogP contribution in [0.1, 0.15) is 12.5 Å². The number of nitrogens with one attached hydrogen (secondary N) is 1. The summed E-state index contributed by atoms with van der Waals surface area (Å²) in [6, 6.07) is 6.20. The first-order valence-electron chi connectivity index (χ1n) is 4.31. The lowest BCUT2D eigenvalue weighted by Crippen LogP contribution is -2.12. The number of ether oxygens (including phenoxy) is 1. The first kappa shape index (κ1) is 10.8. The van der Waals surface area contributed by atoms with E-state index in [-0.39, 0.29) is 0 Å². The Hall–Kier alpha value is -0.290. The second-order valence-corrected chi connectivity index (χ2v) is 3.98. The van der Waals surface area contributed by atoms with Crippen LogP contribution >= 0.6 is 22.6 Å². The quantitative estimate of drug-likeness (QED) is 0.860. The second kappa shape index (κ2) is 5.44. The molecule has 1 aromatic rings. The topological polar surface area (TPSA) is 21.3 Å². The standard InChI is InChI=1S/C10H14INO/c1-3-12-7-8-6-9(11)4-5-10(8)13-2/h4-6,12H,3,7H2,1-2H3. The van der Waals surface area contributed by atoms with Gasteiger partial charge in [0.25, 0.3) is 0 Å². The summed E-state index contributed by atoms with van der Waals surface area (Å²) in [7, 11) is 1.71. The van der Waals surface area contributed by atoms with Crippen molar-refractivity contribution < 1.29 is 4.74 Å². The Morgan fingerprint density at radius 2 is 2.23 bits per heavy atom. The van der Waals surface area contributed by atoms with E-state index in [9.17, 15) is 0 Å². The van der Waals surface area contributed by atoms with Crippen molar-refractivity contribution in [2.45, 2.75) is 13.5 Å². The summed E-state index contributed by atoms with van der Waals surface area (Å²) in [5.74, 6) is 0.960. The molecule has 0 aliphatic heterocycles. The van der Waals surface area contributed by atoms with Gasteiger partial charge in [-0.1, -0.05) is 6.92 Å². The van der Waals surface area contributed by atoms with E-state index in [0.717, 1.165) is 18.8 Å². The Morgan fingerprint density at radius 1 is 1.46 bits per heavy atom. The maximum absolute atomic E-state index is 5.25. The SMILES string of the molecule is CCNCc1cc(I)ccc1OC. The first-order valence-corrected chi connectivity index (χ1v) is 5.39. The molecule has 0 amide bonds. The van der Waals surface area contributed by atoms with E-state index < -0.39 is 0 Å². The lowest BCUT2D eigenvalue weighted by Gasteiger charge is -2.08. The van der Waals surface area contributed by atoms with E-state index in [4.69, 9.17) is 4.74 Å². The molecule has 0 radical (unpaired) electrons. The molecule has 0 saturated heterocycles. The van der Waals surface area contributed by atoms with E-state index in [1.165, 1.54) is 9.13 Å². The smallest absolute Gasteiger partial charge is 0.123 e. The van der Waals surface area contributed by atoms with Crippen molar-refractivity contribution in [3.05, 3.63) is 27.3 Å². The van der Waals surface area contributed by atoms with Gasteiger partial charge in [-0.15, -0.1) is 0 Å². The molecule has 0 heterocycles. The highest BCUT2D eigenvalue weighted by Crippen LogP contribution is 2.20. The molecule has 1 aromatic carbocycles. The van der Waals surface area contributed by atoms with Gasteiger partial charge in [0.05, 0.1) is 7.11 Å². The summed E-state index contributed by atoms with van der Waals surface area (Å²) < 4.78 is 6.50. The molecule has 2 nitrogen and oxygen atoms in total. The van der Waals surface area contributed by atoms with Gasteiger partial charge >= 0.3 is 0 Å². The van der Waals surface area contributed by atoms with E-state index in [2.05, 4.69) is 47.0 Å². The van der Waals surface area contributed by atoms with Crippen molar-refractivity contribution in [3.63, 3.8) is 0 Å². The third-order valence-electron chi connectivity index (χ3n) is 1.81. The van der Waals surface area contributed by atoms with E-state index in [1.54, 1.807) is 7.11 Å². The number of halogens is 1. The Kier molecular flexibility index (Phi) is 4.52. The van der Waals surface area contributed by atoms with Gasteiger partial charge in [0.2, 0.25) is 0 Å². The number of hydrogen-bond acceptors (Lipinski definition) is 2. The maximum Gasteiger partial charge on any atom is 0.123 e. The van der Waals surface area contributed by atoms with Crippen LogP contribution in [-0.4, -0.2) is 13.7 Å². The summed E-state index contributed by atoms with van der Waals surface area (Å²) in [6.07, 6.45) is 0. The fourth-order valence-corrected chi connectivity index (χ4v) is 1.70. The van der Waals surface area contributed by atoms with Gasteiger partial charge < -0.3 is 10.1 Å². The lowest BCUT2D eigenvalue weighted by molar-refractivity contribution is 0.408.